The predicted octanol–water partition coefficient (Wildman–Crippen LogP) is 1.97. The Kier molecular flexibility index (Phi) is 4.39. The lowest BCUT2D eigenvalue weighted by Gasteiger charge is -2.13. The van der Waals surface area contributed by atoms with Crippen LogP contribution in [0.3, 0.4) is 0 Å². The number of hydrogen-bond acceptors (Lipinski definition) is 4. The van der Waals surface area contributed by atoms with Gasteiger partial charge in [0.25, 0.3) is 0 Å². The summed E-state index contributed by atoms with van der Waals surface area (Å²) < 4.78 is 10.2. The number of hydrogen-bond donors (Lipinski definition) is 0. The highest BCUT2D eigenvalue weighted by Crippen LogP contribution is 2.17. The first-order valence-corrected chi connectivity index (χ1v) is 4.76. The van der Waals surface area contributed by atoms with E-state index in [1.165, 1.54) is 0 Å². The fraction of sp³-hybridized carbons (Fsp3) is 0.455. The maximum absolute atomic E-state index is 11.4. The molecule has 0 radical (unpaired) electrons. The molecule has 0 bridgehead atoms. The van der Waals surface area contributed by atoms with E-state index in [9.17, 15) is 4.79 Å². The fourth-order valence-electron chi connectivity index (χ4n) is 1.31. The lowest BCUT2D eigenvalue weighted by molar-refractivity contribution is -0.106. The Morgan fingerprint density at radius 1 is 1.40 bits per heavy atom. The van der Waals surface area contributed by atoms with Gasteiger partial charge in [-0.2, -0.15) is 0 Å². The van der Waals surface area contributed by atoms with Crippen LogP contribution in [-0.2, 0) is 9.47 Å². The quantitative estimate of drug-likeness (QED) is 0.549. The van der Waals surface area contributed by atoms with Crippen LogP contribution in [-0.4, -0.2) is 25.0 Å². The predicted molar refractivity (Wildman–Crippen MR) is 55.6 cm³/mol. The lowest BCUT2D eigenvalue weighted by Crippen LogP contribution is -2.06. The van der Waals surface area contributed by atoms with Gasteiger partial charge in [0.15, 0.2) is 12.1 Å². The molecule has 0 unspecified atom stereocenters. The van der Waals surface area contributed by atoms with E-state index >= 15 is 0 Å². The summed E-state index contributed by atoms with van der Waals surface area (Å²) in [6, 6.07) is 1.75. The van der Waals surface area contributed by atoms with E-state index < -0.39 is 6.29 Å². The third-order valence-electron chi connectivity index (χ3n) is 2.10. The number of aromatic nitrogens is 1. The molecule has 0 aliphatic heterocycles. The van der Waals surface area contributed by atoms with Crippen molar-refractivity contribution in [1.82, 2.24) is 4.98 Å². The van der Waals surface area contributed by atoms with Crippen molar-refractivity contribution in [3.63, 3.8) is 0 Å². The number of methoxy groups -OCH3 is 2. The number of pyridine rings is 1. The highest BCUT2D eigenvalue weighted by Gasteiger charge is 2.11. The zero-order valence-corrected chi connectivity index (χ0v) is 9.19. The first-order valence-electron chi connectivity index (χ1n) is 4.76. The van der Waals surface area contributed by atoms with Gasteiger partial charge < -0.3 is 9.47 Å². The minimum absolute atomic E-state index is 0.0651. The fourth-order valence-corrected chi connectivity index (χ4v) is 1.31. The molecule has 0 saturated carbocycles. The molecular weight excluding hydrogens is 194 g/mol. The van der Waals surface area contributed by atoms with Crippen molar-refractivity contribution in [1.29, 1.82) is 0 Å². The van der Waals surface area contributed by atoms with Crippen molar-refractivity contribution in [2.24, 2.45) is 0 Å². The van der Waals surface area contributed by atoms with Gasteiger partial charge in [-0.3, -0.25) is 9.78 Å². The molecule has 1 rings (SSSR count). The summed E-state index contributed by atoms with van der Waals surface area (Å²) in [4.78, 5) is 15.4. The Hall–Kier alpha value is -1.26. The summed E-state index contributed by atoms with van der Waals surface area (Å²) in [6.45, 7) is 1.82. The molecule has 15 heavy (non-hydrogen) atoms. The van der Waals surface area contributed by atoms with Crippen LogP contribution in [0.1, 0.15) is 35.6 Å². The van der Waals surface area contributed by atoms with Crippen LogP contribution in [0.15, 0.2) is 18.5 Å². The highest BCUT2D eigenvalue weighted by molar-refractivity contribution is 5.95. The summed E-state index contributed by atoms with van der Waals surface area (Å²) in [7, 11) is 3.09. The van der Waals surface area contributed by atoms with Gasteiger partial charge in [-0.15, -0.1) is 0 Å². The Labute approximate surface area is 89.2 Å². The molecule has 0 spiro atoms. The summed E-state index contributed by atoms with van der Waals surface area (Å²) >= 11 is 0. The minimum Gasteiger partial charge on any atom is -0.352 e. The molecule has 4 nitrogen and oxygen atoms in total. The van der Waals surface area contributed by atoms with Gasteiger partial charge in [0.05, 0.1) is 0 Å². The van der Waals surface area contributed by atoms with Gasteiger partial charge in [0.1, 0.15) is 0 Å². The molecule has 0 aliphatic carbocycles. The van der Waals surface area contributed by atoms with E-state index in [4.69, 9.17) is 9.47 Å². The van der Waals surface area contributed by atoms with Crippen molar-refractivity contribution >= 4 is 5.78 Å². The van der Waals surface area contributed by atoms with Crippen LogP contribution in [0, 0.1) is 0 Å². The average Bonchev–Trinajstić information content (AvgIpc) is 2.30. The second-order valence-electron chi connectivity index (χ2n) is 3.09. The number of nitrogens with zero attached hydrogens (tertiary/aromatic N) is 1. The smallest absolute Gasteiger partial charge is 0.184 e. The molecule has 4 heteroatoms. The topological polar surface area (TPSA) is 48.4 Å². The van der Waals surface area contributed by atoms with Crippen LogP contribution < -0.4 is 0 Å². The summed E-state index contributed by atoms with van der Waals surface area (Å²) in [5.74, 6) is 0.0651. The number of ether oxygens (including phenoxy) is 2. The first kappa shape index (κ1) is 11.8. The third kappa shape index (κ3) is 2.84. The lowest BCUT2D eigenvalue weighted by atomic mass is 10.1. The highest BCUT2D eigenvalue weighted by atomic mass is 16.7. The van der Waals surface area contributed by atoms with E-state index in [0.29, 0.717) is 12.0 Å². The maximum Gasteiger partial charge on any atom is 0.184 e. The van der Waals surface area contributed by atoms with E-state index in [2.05, 4.69) is 4.98 Å². The molecule has 1 aromatic heterocycles. The number of ketones is 1. The standard InChI is InChI=1S/C11H15NO3/c1-4-10(13)8-5-9(7-12-6-8)11(14-2)15-3/h5-7,11H,4H2,1-3H3. The van der Waals surface area contributed by atoms with Crippen LogP contribution in [0.2, 0.25) is 0 Å². The van der Waals surface area contributed by atoms with Crippen molar-refractivity contribution in [2.75, 3.05) is 14.2 Å². The number of carbonyl (C=O) groups excluding carboxylic acids is 1. The minimum atomic E-state index is -0.470. The normalized spacial score (nSPS) is 10.7. The van der Waals surface area contributed by atoms with Crippen molar-refractivity contribution < 1.29 is 14.3 Å². The Morgan fingerprint density at radius 2 is 2.07 bits per heavy atom. The van der Waals surface area contributed by atoms with Crippen molar-refractivity contribution in [2.45, 2.75) is 19.6 Å². The van der Waals surface area contributed by atoms with Gasteiger partial charge >= 0.3 is 0 Å². The van der Waals surface area contributed by atoms with Gasteiger partial charge in [-0.25, -0.2) is 0 Å². The van der Waals surface area contributed by atoms with Crippen LogP contribution >= 0.6 is 0 Å². The van der Waals surface area contributed by atoms with Crippen LogP contribution in [0.5, 0.6) is 0 Å². The molecule has 0 amide bonds. The van der Waals surface area contributed by atoms with Crippen LogP contribution in [0.25, 0.3) is 0 Å². The molecule has 0 N–H and O–H groups in total. The molecule has 0 saturated heterocycles. The second-order valence-corrected chi connectivity index (χ2v) is 3.09. The van der Waals surface area contributed by atoms with E-state index in [-0.39, 0.29) is 5.78 Å². The number of Topliss-reactive ketones (excluding diaryl/α,β-unsaturated/α-hetero) is 1. The summed E-state index contributed by atoms with van der Waals surface area (Å²) in [6.07, 6.45) is 3.18. The molecule has 0 aromatic carbocycles. The third-order valence-corrected chi connectivity index (χ3v) is 2.10. The van der Waals surface area contributed by atoms with E-state index in [1.807, 2.05) is 6.92 Å². The van der Waals surface area contributed by atoms with Gasteiger partial charge in [0.2, 0.25) is 0 Å². The Bertz CT molecular complexity index is 334. The average molecular weight is 209 g/mol. The second kappa shape index (κ2) is 5.58. The molecule has 1 aromatic rings. The number of rotatable bonds is 5. The largest absolute Gasteiger partial charge is 0.352 e. The van der Waals surface area contributed by atoms with Crippen LogP contribution in [0.4, 0.5) is 0 Å². The molecule has 0 aliphatic rings. The van der Waals surface area contributed by atoms with E-state index in [1.54, 1.807) is 32.7 Å². The Balaban J connectivity index is 2.96. The SMILES string of the molecule is CCC(=O)c1cncc(C(OC)OC)c1. The maximum atomic E-state index is 11.4. The molecule has 0 fully saturated rings. The molecule has 1 heterocycles. The monoisotopic (exact) mass is 209 g/mol. The summed E-state index contributed by atoms with van der Waals surface area (Å²) in [5, 5.41) is 0. The van der Waals surface area contributed by atoms with Crippen molar-refractivity contribution in [3.05, 3.63) is 29.6 Å². The molecule has 82 valence electrons. The van der Waals surface area contributed by atoms with Gasteiger partial charge in [-0.1, -0.05) is 6.92 Å². The van der Waals surface area contributed by atoms with Gasteiger partial charge in [0, 0.05) is 44.2 Å². The first-order chi connectivity index (χ1) is 7.22. The van der Waals surface area contributed by atoms with Crippen molar-refractivity contribution in [3.8, 4) is 0 Å². The Morgan fingerprint density at radius 3 is 2.60 bits per heavy atom. The molecular formula is C11H15NO3. The van der Waals surface area contributed by atoms with E-state index in [0.717, 1.165) is 5.56 Å². The zero-order valence-electron chi connectivity index (χ0n) is 9.19. The molecule has 0 atom stereocenters. The zero-order chi connectivity index (χ0) is 11.3. The number of carbonyl (C=O) groups is 1. The van der Waals surface area contributed by atoms with Gasteiger partial charge in [-0.05, 0) is 6.07 Å². The summed E-state index contributed by atoms with van der Waals surface area (Å²) in [5.41, 5.74) is 1.34.